The topological polar surface area (TPSA) is 58.2 Å². The van der Waals surface area contributed by atoms with Gasteiger partial charge in [0.25, 0.3) is 0 Å². The van der Waals surface area contributed by atoms with Crippen molar-refractivity contribution < 1.29 is 9.59 Å². The molecule has 0 aliphatic heterocycles. The zero-order valence-electron chi connectivity index (χ0n) is 15.6. The van der Waals surface area contributed by atoms with Crippen molar-refractivity contribution in [3.05, 3.63) is 87.4 Å². The van der Waals surface area contributed by atoms with Crippen molar-refractivity contribution in [3.8, 4) is 0 Å². The first kappa shape index (κ1) is 22.5. The Labute approximate surface area is 193 Å². The third-order valence-electron chi connectivity index (χ3n) is 3.99. The molecule has 2 N–H and O–H groups in total. The van der Waals surface area contributed by atoms with E-state index in [1.165, 1.54) is 11.8 Å². The lowest BCUT2D eigenvalue weighted by molar-refractivity contribution is -0.115. The van der Waals surface area contributed by atoms with E-state index in [2.05, 4.69) is 10.6 Å². The van der Waals surface area contributed by atoms with Crippen molar-refractivity contribution in [2.45, 2.75) is 11.3 Å². The van der Waals surface area contributed by atoms with Crippen LogP contribution >= 0.6 is 46.6 Å². The highest BCUT2D eigenvalue weighted by atomic mass is 35.5. The molecule has 0 spiro atoms. The molecule has 4 nitrogen and oxygen atoms in total. The maximum absolute atomic E-state index is 12.2. The number of anilines is 2. The van der Waals surface area contributed by atoms with Gasteiger partial charge in [-0.15, -0.1) is 11.8 Å². The fourth-order valence-electron chi connectivity index (χ4n) is 2.55. The van der Waals surface area contributed by atoms with Crippen LogP contribution < -0.4 is 10.6 Å². The van der Waals surface area contributed by atoms with Crippen molar-refractivity contribution in [1.29, 1.82) is 0 Å². The third kappa shape index (κ3) is 6.96. The number of rotatable bonds is 7. The van der Waals surface area contributed by atoms with E-state index in [4.69, 9.17) is 34.8 Å². The predicted molar refractivity (Wildman–Crippen MR) is 126 cm³/mol. The van der Waals surface area contributed by atoms with E-state index in [-0.39, 0.29) is 24.0 Å². The number of thioether (sulfide) groups is 1. The van der Waals surface area contributed by atoms with Gasteiger partial charge < -0.3 is 10.6 Å². The molecule has 3 aromatic carbocycles. The molecule has 0 aromatic heterocycles. The summed E-state index contributed by atoms with van der Waals surface area (Å²) in [7, 11) is 0. The molecule has 3 rings (SSSR count). The summed E-state index contributed by atoms with van der Waals surface area (Å²) in [4.78, 5) is 25.2. The molecule has 0 saturated carbocycles. The van der Waals surface area contributed by atoms with E-state index in [9.17, 15) is 9.59 Å². The Morgan fingerprint density at radius 3 is 2.10 bits per heavy atom. The number of carbonyl (C=O) groups excluding carboxylic acids is 2. The van der Waals surface area contributed by atoms with Crippen LogP contribution in [0.3, 0.4) is 0 Å². The average molecular weight is 480 g/mol. The summed E-state index contributed by atoms with van der Waals surface area (Å²) < 4.78 is 0. The van der Waals surface area contributed by atoms with Crippen molar-refractivity contribution in [1.82, 2.24) is 0 Å². The smallest absolute Gasteiger partial charge is 0.234 e. The zero-order chi connectivity index (χ0) is 21.5. The third-order valence-corrected chi connectivity index (χ3v) is 5.80. The Balaban J connectivity index is 1.47. The Morgan fingerprint density at radius 2 is 1.43 bits per heavy atom. The molecule has 0 radical (unpaired) electrons. The normalized spacial score (nSPS) is 10.5. The standard InChI is InChI=1S/C22H17Cl3N2O2S/c23-15-3-1-14(2-4-15)11-21(28)26-17-6-8-18(9-7-17)30-13-22(29)27-20-10-5-16(24)12-19(20)25/h1-10,12H,11,13H2,(H,26,28)(H,27,29). The first-order valence-corrected chi connectivity index (χ1v) is 11.0. The van der Waals surface area contributed by atoms with E-state index in [0.29, 0.717) is 26.4 Å². The Hall–Kier alpha value is -2.18. The molecular formula is C22H17Cl3N2O2S. The van der Waals surface area contributed by atoms with Crippen molar-refractivity contribution in [2.75, 3.05) is 16.4 Å². The summed E-state index contributed by atoms with van der Waals surface area (Å²) in [6.07, 6.45) is 0.265. The van der Waals surface area contributed by atoms with Gasteiger partial charge in [-0.2, -0.15) is 0 Å². The molecule has 0 aliphatic rings. The minimum absolute atomic E-state index is 0.114. The summed E-state index contributed by atoms with van der Waals surface area (Å²) in [5, 5.41) is 7.14. The molecular weight excluding hydrogens is 463 g/mol. The van der Waals surface area contributed by atoms with E-state index in [0.717, 1.165) is 10.5 Å². The molecule has 0 unspecified atom stereocenters. The van der Waals surface area contributed by atoms with E-state index >= 15 is 0 Å². The van der Waals surface area contributed by atoms with E-state index in [1.807, 2.05) is 24.3 Å². The van der Waals surface area contributed by atoms with Gasteiger partial charge in [-0.25, -0.2) is 0 Å². The van der Waals surface area contributed by atoms with Crippen molar-refractivity contribution >= 4 is 69.8 Å². The lowest BCUT2D eigenvalue weighted by Gasteiger charge is -2.08. The molecule has 0 saturated heterocycles. The fraction of sp³-hybridized carbons (Fsp3) is 0.0909. The second kappa shape index (κ2) is 10.7. The number of carbonyl (C=O) groups is 2. The van der Waals surface area contributed by atoms with Crippen LogP contribution in [-0.4, -0.2) is 17.6 Å². The first-order chi connectivity index (χ1) is 14.4. The van der Waals surface area contributed by atoms with Gasteiger partial charge >= 0.3 is 0 Å². The predicted octanol–water partition coefficient (Wildman–Crippen LogP) is 6.56. The summed E-state index contributed by atoms with van der Waals surface area (Å²) >= 11 is 19.1. The van der Waals surface area contributed by atoms with Gasteiger partial charge in [0.05, 0.1) is 22.9 Å². The molecule has 0 bridgehead atoms. The summed E-state index contributed by atoms with van der Waals surface area (Å²) in [5.74, 6) is -0.0668. The number of hydrogen-bond donors (Lipinski definition) is 2. The van der Waals surface area contributed by atoms with E-state index in [1.54, 1.807) is 42.5 Å². The average Bonchev–Trinajstić information content (AvgIpc) is 2.71. The Bertz CT molecular complexity index is 1040. The second-order valence-corrected chi connectivity index (χ2v) is 8.67. The molecule has 0 heterocycles. The van der Waals surface area contributed by atoms with Gasteiger partial charge in [-0.1, -0.05) is 46.9 Å². The molecule has 2 amide bonds. The van der Waals surface area contributed by atoms with Crippen LogP contribution in [0.25, 0.3) is 0 Å². The highest BCUT2D eigenvalue weighted by molar-refractivity contribution is 8.00. The molecule has 3 aromatic rings. The summed E-state index contributed by atoms with van der Waals surface area (Å²) in [6.45, 7) is 0. The quantitative estimate of drug-likeness (QED) is 0.377. The van der Waals surface area contributed by atoms with Crippen LogP contribution in [-0.2, 0) is 16.0 Å². The van der Waals surface area contributed by atoms with Crippen LogP contribution in [0.2, 0.25) is 15.1 Å². The van der Waals surface area contributed by atoms with Gasteiger partial charge in [0.15, 0.2) is 0 Å². The molecule has 0 aliphatic carbocycles. The minimum atomic E-state index is -0.176. The maximum Gasteiger partial charge on any atom is 0.234 e. The number of benzene rings is 3. The Kier molecular flexibility index (Phi) is 8.05. The van der Waals surface area contributed by atoms with Crippen molar-refractivity contribution in [2.24, 2.45) is 0 Å². The number of hydrogen-bond acceptors (Lipinski definition) is 3. The van der Waals surface area contributed by atoms with E-state index < -0.39 is 0 Å². The lowest BCUT2D eigenvalue weighted by atomic mass is 10.1. The van der Waals surface area contributed by atoms with Crippen LogP contribution in [0.1, 0.15) is 5.56 Å². The molecule has 0 atom stereocenters. The summed E-state index contributed by atoms with van der Waals surface area (Å²) in [5.41, 5.74) is 2.09. The Morgan fingerprint density at radius 1 is 0.767 bits per heavy atom. The van der Waals surface area contributed by atoms with Gasteiger partial charge in [0, 0.05) is 20.6 Å². The second-order valence-electron chi connectivity index (χ2n) is 6.34. The lowest BCUT2D eigenvalue weighted by Crippen LogP contribution is -2.14. The largest absolute Gasteiger partial charge is 0.326 e. The maximum atomic E-state index is 12.2. The highest BCUT2D eigenvalue weighted by Crippen LogP contribution is 2.26. The highest BCUT2D eigenvalue weighted by Gasteiger charge is 2.08. The first-order valence-electron chi connectivity index (χ1n) is 8.91. The number of amides is 2. The molecule has 8 heteroatoms. The van der Waals surface area contributed by atoms with Gasteiger partial charge in [0.2, 0.25) is 11.8 Å². The zero-order valence-corrected chi connectivity index (χ0v) is 18.7. The monoisotopic (exact) mass is 478 g/mol. The summed E-state index contributed by atoms with van der Waals surface area (Å²) in [6, 6.07) is 19.4. The van der Waals surface area contributed by atoms with Crippen molar-refractivity contribution in [3.63, 3.8) is 0 Å². The number of halogens is 3. The van der Waals surface area contributed by atoms with Crippen LogP contribution in [0.5, 0.6) is 0 Å². The van der Waals surface area contributed by atoms with Crippen LogP contribution in [0, 0.1) is 0 Å². The molecule has 30 heavy (non-hydrogen) atoms. The fourth-order valence-corrected chi connectivity index (χ4v) is 3.83. The van der Waals surface area contributed by atoms with Crippen LogP contribution in [0.4, 0.5) is 11.4 Å². The molecule has 154 valence electrons. The van der Waals surface area contributed by atoms with Crippen LogP contribution in [0.15, 0.2) is 71.6 Å². The SMILES string of the molecule is O=C(Cc1ccc(Cl)cc1)Nc1ccc(SCC(=O)Nc2ccc(Cl)cc2Cl)cc1. The van der Waals surface area contributed by atoms with Gasteiger partial charge in [-0.05, 0) is 60.2 Å². The minimum Gasteiger partial charge on any atom is -0.326 e. The van der Waals surface area contributed by atoms with Gasteiger partial charge in [-0.3, -0.25) is 9.59 Å². The molecule has 0 fully saturated rings. The van der Waals surface area contributed by atoms with Gasteiger partial charge in [0.1, 0.15) is 0 Å². The number of nitrogens with one attached hydrogen (secondary N) is 2.